The average molecular weight is 299 g/mol. The van der Waals surface area contributed by atoms with E-state index in [1.807, 2.05) is 12.1 Å². The summed E-state index contributed by atoms with van der Waals surface area (Å²) in [5, 5.41) is 3.06. The number of rotatable bonds is 2. The molecule has 3 aliphatic heterocycles. The Morgan fingerprint density at radius 3 is 2.45 bits per heavy atom. The number of carbonyl (C=O) groups excluding carboxylic acids is 1. The minimum atomic E-state index is 0.0843. The van der Waals surface area contributed by atoms with Crippen molar-refractivity contribution in [2.24, 2.45) is 0 Å². The van der Waals surface area contributed by atoms with Crippen LogP contribution in [0.15, 0.2) is 24.3 Å². The maximum Gasteiger partial charge on any atom is 0.322 e. The van der Waals surface area contributed by atoms with Crippen LogP contribution in [0.4, 0.5) is 10.5 Å². The molecule has 1 N–H and O–H groups in total. The fourth-order valence-electron chi connectivity index (χ4n) is 4.80. The third-order valence-electron chi connectivity index (χ3n) is 5.66. The number of carbonyl (C=O) groups is 1. The van der Waals surface area contributed by atoms with Gasteiger partial charge in [0, 0.05) is 36.4 Å². The van der Waals surface area contributed by atoms with Gasteiger partial charge in [-0.15, -0.1) is 0 Å². The number of urea groups is 1. The average Bonchev–Trinajstić information content (AvgIpc) is 2.77. The van der Waals surface area contributed by atoms with Crippen molar-refractivity contribution in [2.75, 3.05) is 5.32 Å². The third-order valence-corrected chi connectivity index (χ3v) is 5.66. The Kier molecular flexibility index (Phi) is 3.37. The monoisotopic (exact) mass is 299 g/mol. The van der Waals surface area contributed by atoms with E-state index < -0.39 is 0 Å². The lowest BCUT2D eigenvalue weighted by atomic mass is 9.93. The predicted octanol–water partition coefficient (Wildman–Crippen LogP) is 3.44. The van der Waals surface area contributed by atoms with Gasteiger partial charge < -0.3 is 10.2 Å². The molecule has 2 unspecified atom stereocenters. The van der Waals surface area contributed by atoms with Gasteiger partial charge in [0.1, 0.15) is 0 Å². The van der Waals surface area contributed by atoms with E-state index in [4.69, 9.17) is 0 Å². The smallest absolute Gasteiger partial charge is 0.317 e. The highest BCUT2D eigenvalue weighted by molar-refractivity contribution is 5.92. The summed E-state index contributed by atoms with van der Waals surface area (Å²) in [7, 11) is 0. The molecule has 0 saturated carbocycles. The summed E-state index contributed by atoms with van der Waals surface area (Å²) in [6, 6.07) is 10.6. The molecule has 4 nitrogen and oxygen atoms in total. The molecule has 4 heteroatoms. The quantitative estimate of drug-likeness (QED) is 0.908. The maximum absolute atomic E-state index is 12.5. The standard InChI is InChI=1S/C18H25N3O/c1-12(2)21-14-7-8-15(21)10-16(9-14)20-11-13-5-3-4-6-17(13)19-18(20)22/h3-6,12,14-16H,7-11H2,1-2H3,(H,19,22). The number of piperidine rings is 1. The van der Waals surface area contributed by atoms with Crippen LogP contribution in [0.2, 0.25) is 0 Å². The molecule has 2 saturated heterocycles. The summed E-state index contributed by atoms with van der Waals surface area (Å²) in [6.45, 7) is 5.36. The molecule has 0 radical (unpaired) electrons. The van der Waals surface area contributed by atoms with Gasteiger partial charge in [0.05, 0.1) is 0 Å². The van der Waals surface area contributed by atoms with E-state index in [1.165, 1.54) is 18.4 Å². The molecule has 2 atom stereocenters. The number of hydrogen-bond acceptors (Lipinski definition) is 2. The van der Waals surface area contributed by atoms with Crippen LogP contribution in [-0.4, -0.2) is 40.0 Å². The first kappa shape index (κ1) is 14.1. The first-order chi connectivity index (χ1) is 10.6. The molecule has 1 aromatic rings. The Labute approximate surface area is 132 Å². The second kappa shape index (κ2) is 5.27. The molecule has 2 amide bonds. The highest BCUT2D eigenvalue weighted by Gasteiger charge is 2.44. The highest BCUT2D eigenvalue weighted by atomic mass is 16.2. The fourth-order valence-corrected chi connectivity index (χ4v) is 4.80. The predicted molar refractivity (Wildman–Crippen MR) is 87.8 cm³/mol. The second-order valence-electron chi connectivity index (χ2n) is 7.27. The molecule has 0 aromatic heterocycles. The Bertz CT molecular complexity index is 571. The molecule has 0 aliphatic carbocycles. The van der Waals surface area contributed by atoms with E-state index >= 15 is 0 Å². The normalized spacial score (nSPS) is 31.3. The molecule has 1 aromatic carbocycles. The molecular formula is C18H25N3O. The first-order valence-electron chi connectivity index (χ1n) is 8.56. The lowest BCUT2D eigenvalue weighted by Crippen LogP contribution is -2.55. The van der Waals surface area contributed by atoms with Crippen molar-refractivity contribution in [3.8, 4) is 0 Å². The van der Waals surface area contributed by atoms with Gasteiger partial charge in [-0.05, 0) is 51.2 Å². The van der Waals surface area contributed by atoms with Gasteiger partial charge in [-0.2, -0.15) is 0 Å². The maximum atomic E-state index is 12.5. The zero-order valence-electron chi connectivity index (χ0n) is 13.5. The van der Waals surface area contributed by atoms with E-state index in [0.29, 0.717) is 24.2 Å². The molecule has 2 bridgehead atoms. The molecule has 0 spiro atoms. The second-order valence-corrected chi connectivity index (χ2v) is 7.27. The van der Waals surface area contributed by atoms with Crippen molar-refractivity contribution in [2.45, 2.75) is 70.2 Å². The van der Waals surface area contributed by atoms with Gasteiger partial charge in [0.25, 0.3) is 0 Å². The van der Waals surface area contributed by atoms with Crippen molar-refractivity contribution < 1.29 is 4.79 Å². The van der Waals surface area contributed by atoms with Crippen LogP contribution < -0.4 is 5.32 Å². The van der Waals surface area contributed by atoms with Crippen molar-refractivity contribution in [3.63, 3.8) is 0 Å². The Morgan fingerprint density at radius 2 is 1.77 bits per heavy atom. The van der Waals surface area contributed by atoms with E-state index in [1.54, 1.807) is 0 Å². The fraction of sp³-hybridized carbons (Fsp3) is 0.611. The molecular weight excluding hydrogens is 274 g/mol. The first-order valence-corrected chi connectivity index (χ1v) is 8.56. The van der Waals surface area contributed by atoms with Crippen LogP contribution in [0.5, 0.6) is 0 Å². The Morgan fingerprint density at radius 1 is 1.09 bits per heavy atom. The lowest BCUT2D eigenvalue weighted by Gasteiger charge is -2.46. The van der Waals surface area contributed by atoms with Crippen LogP contribution in [-0.2, 0) is 6.54 Å². The topological polar surface area (TPSA) is 35.6 Å². The van der Waals surface area contributed by atoms with Crippen LogP contribution in [0.1, 0.15) is 45.1 Å². The van der Waals surface area contributed by atoms with Crippen LogP contribution in [0.25, 0.3) is 0 Å². The third kappa shape index (κ3) is 2.21. The lowest BCUT2D eigenvalue weighted by molar-refractivity contribution is 0.0509. The van der Waals surface area contributed by atoms with Gasteiger partial charge in [-0.1, -0.05) is 18.2 Å². The van der Waals surface area contributed by atoms with Gasteiger partial charge in [0.15, 0.2) is 0 Å². The van der Waals surface area contributed by atoms with E-state index in [2.05, 4.69) is 41.1 Å². The molecule has 22 heavy (non-hydrogen) atoms. The van der Waals surface area contributed by atoms with Crippen molar-refractivity contribution in [1.29, 1.82) is 0 Å². The van der Waals surface area contributed by atoms with Gasteiger partial charge in [-0.25, -0.2) is 4.79 Å². The van der Waals surface area contributed by atoms with Gasteiger partial charge >= 0.3 is 6.03 Å². The zero-order valence-corrected chi connectivity index (χ0v) is 13.5. The van der Waals surface area contributed by atoms with Crippen LogP contribution >= 0.6 is 0 Å². The molecule has 4 rings (SSSR count). The van der Waals surface area contributed by atoms with Crippen LogP contribution in [0, 0.1) is 0 Å². The van der Waals surface area contributed by atoms with E-state index in [-0.39, 0.29) is 6.03 Å². The van der Waals surface area contributed by atoms with E-state index in [9.17, 15) is 4.79 Å². The Balaban J connectivity index is 1.54. The summed E-state index contributed by atoms with van der Waals surface area (Å²) >= 11 is 0. The van der Waals surface area contributed by atoms with Crippen molar-refractivity contribution in [3.05, 3.63) is 29.8 Å². The summed E-state index contributed by atoms with van der Waals surface area (Å²) < 4.78 is 0. The molecule has 3 aliphatic rings. The molecule has 3 heterocycles. The number of amides is 2. The Hall–Kier alpha value is -1.55. The number of benzene rings is 1. The highest BCUT2D eigenvalue weighted by Crippen LogP contribution is 2.40. The molecule has 2 fully saturated rings. The number of anilines is 1. The van der Waals surface area contributed by atoms with Gasteiger partial charge in [0.2, 0.25) is 0 Å². The summed E-state index contributed by atoms with van der Waals surface area (Å²) in [5.41, 5.74) is 2.21. The van der Waals surface area contributed by atoms with Crippen molar-refractivity contribution >= 4 is 11.7 Å². The number of fused-ring (bicyclic) bond motifs is 3. The van der Waals surface area contributed by atoms with E-state index in [0.717, 1.165) is 25.1 Å². The largest absolute Gasteiger partial charge is 0.322 e. The summed E-state index contributed by atoms with van der Waals surface area (Å²) in [6.07, 6.45) is 4.85. The number of para-hydroxylation sites is 1. The number of nitrogens with zero attached hydrogens (tertiary/aromatic N) is 2. The minimum Gasteiger partial charge on any atom is -0.317 e. The number of hydrogen-bond donors (Lipinski definition) is 1. The summed E-state index contributed by atoms with van der Waals surface area (Å²) in [5.74, 6) is 0. The van der Waals surface area contributed by atoms with Crippen molar-refractivity contribution in [1.82, 2.24) is 9.80 Å². The van der Waals surface area contributed by atoms with Gasteiger partial charge in [-0.3, -0.25) is 4.90 Å². The zero-order chi connectivity index (χ0) is 15.3. The molecule has 118 valence electrons. The SMILES string of the molecule is CC(C)N1C2CCC1CC(N1Cc3ccccc3NC1=O)C2. The minimum absolute atomic E-state index is 0.0843. The van der Waals surface area contributed by atoms with Crippen LogP contribution in [0.3, 0.4) is 0 Å². The number of nitrogens with one attached hydrogen (secondary N) is 1. The summed E-state index contributed by atoms with van der Waals surface area (Å²) in [4.78, 5) is 17.3.